The maximum absolute atomic E-state index is 3.42. The van der Waals surface area contributed by atoms with Crippen molar-refractivity contribution in [3.63, 3.8) is 0 Å². The lowest BCUT2D eigenvalue weighted by molar-refractivity contribution is 0.131. The van der Waals surface area contributed by atoms with E-state index < -0.39 is 0 Å². The SMILES string of the molecule is c1ccc(C2CCCN2C2CNC2)c(C2CC2)c1. The standard InChI is InChI=1S/C16H22N2/c1-2-5-15(14(4-1)12-7-8-12)16-6-3-9-18(16)13-10-17-11-13/h1-2,4-5,12-13,16-17H,3,6-11H2. The maximum atomic E-state index is 3.42. The minimum absolute atomic E-state index is 0.703. The maximum Gasteiger partial charge on any atom is 0.0355 e. The van der Waals surface area contributed by atoms with Gasteiger partial charge in [-0.15, -0.1) is 0 Å². The molecule has 3 fully saturated rings. The molecule has 0 radical (unpaired) electrons. The second-order valence-electron chi connectivity index (χ2n) is 6.11. The van der Waals surface area contributed by atoms with Crippen LogP contribution in [0.25, 0.3) is 0 Å². The Hall–Kier alpha value is -0.860. The highest BCUT2D eigenvalue weighted by molar-refractivity contribution is 5.36. The van der Waals surface area contributed by atoms with Gasteiger partial charge in [-0.2, -0.15) is 0 Å². The van der Waals surface area contributed by atoms with E-state index in [9.17, 15) is 0 Å². The van der Waals surface area contributed by atoms with Gasteiger partial charge in [0, 0.05) is 25.2 Å². The monoisotopic (exact) mass is 242 g/mol. The molecule has 2 aliphatic heterocycles. The van der Waals surface area contributed by atoms with Gasteiger partial charge in [-0.25, -0.2) is 0 Å². The van der Waals surface area contributed by atoms with Crippen LogP contribution < -0.4 is 5.32 Å². The Kier molecular flexibility index (Phi) is 2.66. The van der Waals surface area contributed by atoms with E-state index in [4.69, 9.17) is 0 Å². The molecule has 0 aromatic heterocycles. The zero-order valence-electron chi connectivity index (χ0n) is 10.9. The van der Waals surface area contributed by atoms with Gasteiger partial charge in [0.2, 0.25) is 0 Å². The zero-order valence-corrected chi connectivity index (χ0v) is 10.9. The van der Waals surface area contributed by atoms with Gasteiger partial charge in [0.25, 0.3) is 0 Å². The Morgan fingerprint density at radius 2 is 1.78 bits per heavy atom. The molecule has 96 valence electrons. The van der Waals surface area contributed by atoms with Crippen LogP contribution in [0.3, 0.4) is 0 Å². The van der Waals surface area contributed by atoms with Gasteiger partial charge in [0.05, 0.1) is 0 Å². The lowest BCUT2D eigenvalue weighted by atomic mass is 9.94. The summed E-state index contributed by atoms with van der Waals surface area (Å²) in [5.41, 5.74) is 3.30. The lowest BCUT2D eigenvalue weighted by Gasteiger charge is -2.40. The average Bonchev–Trinajstić information content (AvgIpc) is 3.08. The fourth-order valence-electron chi connectivity index (χ4n) is 3.65. The van der Waals surface area contributed by atoms with Crippen LogP contribution in [-0.4, -0.2) is 30.6 Å². The highest BCUT2D eigenvalue weighted by Gasteiger charge is 2.37. The van der Waals surface area contributed by atoms with Crippen LogP contribution in [0.4, 0.5) is 0 Å². The van der Waals surface area contributed by atoms with Gasteiger partial charge < -0.3 is 5.32 Å². The first-order valence-electron chi connectivity index (χ1n) is 7.49. The van der Waals surface area contributed by atoms with Crippen molar-refractivity contribution in [1.29, 1.82) is 0 Å². The first-order chi connectivity index (χ1) is 8.93. The number of rotatable bonds is 3. The highest BCUT2D eigenvalue weighted by atomic mass is 15.3. The summed E-state index contributed by atoms with van der Waals surface area (Å²) in [4.78, 5) is 2.76. The fraction of sp³-hybridized carbons (Fsp3) is 0.625. The van der Waals surface area contributed by atoms with Crippen molar-refractivity contribution in [3.8, 4) is 0 Å². The van der Waals surface area contributed by atoms with Crippen molar-refractivity contribution in [1.82, 2.24) is 10.2 Å². The molecule has 3 aliphatic rings. The summed E-state index contributed by atoms with van der Waals surface area (Å²) in [6.07, 6.45) is 5.56. The molecule has 18 heavy (non-hydrogen) atoms. The molecule has 1 saturated carbocycles. The first kappa shape index (κ1) is 11.0. The molecular weight excluding hydrogens is 220 g/mol. The molecule has 2 saturated heterocycles. The topological polar surface area (TPSA) is 15.3 Å². The molecule has 4 rings (SSSR count). The largest absolute Gasteiger partial charge is 0.314 e. The van der Waals surface area contributed by atoms with Crippen molar-refractivity contribution in [2.75, 3.05) is 19.6 Å². The van der Waals surface area contributed by atoms with E-state index in [1.807, 2.05) is 0 Å². The van der Waals surface area contributed by atoms with E-state index in [0.717, 1.165) is 12.0 Å². The Bertz CT molecular complexity index is 434. The lowest BCUT2D eigenvalue weighted by Crippen LogP contribution is -2.56. The van der Waals surface area contributed by atoms with E-state index in [0.29, 0.717) is 6.04 Å². The van der Waals surface area contributed by atoms with E-state index in [1.165, 1.54) is 45.3 Å². The third-order valence-corrected chi connectivity index (χ3v) is 4.90. The highest BCUT2D eigenvalue weighted by Crippen LogP contribution is 2.46. The molecule has 2 heteroatoms. The van der Waals surface area contributed by atoms with Crippen molar-refractivity contribution in [3.05, 3.63) is 35.4 Å². The smallest absolute Gasteiger partial charge is 0.0355 e. The van der Waals surface area contributed by atoms with Gasteiger partial charge in [-0.3, -0.25) is 4.90 Å². The molecule has 1 aromatic rings. The van der Waals surface area contributed by atoms with E-state index >= 15 is 0 Å². The molecule has 0 bridgehead atoms. The summed E-state index contributed by atoms with van der Waals surface area (Å²) in [5.74, 6) is 0.878. The average molecular weight is 242 g/mol. The summed E-state index contributed by atoms with van der Waals surface area (Å²) < 4.78 is 0. The molecule has 2 heterocycles. The van der Waals surface area contributed by atoms with E-state index in [1.54, 1.807) is 11.1 Å². The number of nitrogens with zero attached hydrogens (tertiary/aromatic N) is 1. The van der Waals surface area contributed by atoms with Crippen LogP contribution in [0.1, 0.15) is 48.8 Å². The Balaban J connectivity index is 1.64. The van der Waals surface area contributed by atoms with Crippen LogP contribution in [0.5, 0.6) is 0 Å². The molecule has 2 nitrogen and oxygen atoms in total. The summed E-state index contributed by atoms with van der Waals surface area (Å²) in [7, 11) is 0. The van der Waals surface area contributed by atoms with Crippen LogP contribution in [0.2, 0.25) is 0 Å². The van der Waals surface area contributed by atoms with Crippen LogP contribution in [0, 0.1) is 0 Å². The second kappa shape index (κ2) is 4.36. The van der Waals surface area contributed by atoms with Gasteiger partial charge in [0.15, 0.2) is 0 Å². The van der Waals surface area contributed by atoms with Crippen LogP contribution in [0.15, 0.2) is 24.3 Å². The van der Waals surface area contributed by atoms with Gasteiger partial charge in [0.1, 0.15) is 0 Å². The van der Waals surface area contributed by atoms with E-state index in [-0.39, 0.29) is 0 Å². The Morgan fingerprint density at radius 1 is 1.00 bits per heavy atom. The van der Waals surface area contributed by atoms with Gasteiger partial charge >= 0.3 is 0 Å². The zero-order chi connectivity index (χ0) is 11.9. The first-order valence-corrected chi connectivity index (χ1v) is 7.49. The Morgan fingerprint density at radius 3 is 2.44 bits per heavy atom. The number of hydrogen-bond donors (Lipinski definition) is 1. The molecule has 1 N–H and O–H groups in total. The quantitative estimate of drug-likeness (QED) is 0.876. The number of benzene rings is 1. The van der Waals surface area contributed by atoms with Crippen molar-refractivity contribution in [2.45, 2.75) is 43.7 Å². The van der Waals surface area contributed by atoms with Crippen molar-refractivity contribution < 1.29 is 0 Å². The number of hydrogen-bond acceptors (Lipinski definition) is 2. The predicted octanol–water partition coefficient (Wildman–Crippen LogP) is 2.67. The third-order valence-electron chi connectivity index (χ3n) is 4.90. The van der Waals surface area contributed by atoms with E-state index in [2.05, 4.69) is 34.5 Å². The second-order valence-corrected chi connectivity index (χ2v) is 6.11. The minimum atomic E-state index is 0.703. The number of likely N-dealkylation sites (tertiary alicyclic amines) is 1. The number of nitrogens with one attached hydrogen (secondary N) is 1. The minimum Gasteiger partial charge on any atom is -0.314 e. The predicted molar refractivity (Wildman–Crippen MR) is 73.8 cm³/mol. The molecule has 0 spiro atoms. The Labute approximate surface area is 109 Å². The van der Waals surface area contributed by atoms with Crippen LogP contribution >= 0.6 is 0 Å². The van der Waals surface area contributed by atoms with Gasteiger partial charge in [-0.05, 0) is 49.3 Å². The summed E-state index contributed by atoms with van der Waals surface area (Å²) >= 11 is 0. The molecule has 0 amide bonds. The molecule has 1 aromatic carbocycles. The van der Waals surface area contributed by atoms with Crippen molar-refractivity contribution >= 4 is 0 Å². The molecular formula is C16H22N2. The van der Waals surface area contributed by atoms with Gasteiger partial charge in [-0.1, -0.05) is 24.3 Å². The van der Waals surface area contributed by atoms with Crippen molar-refractivity contribution in [2.24, 2.45) is 0 Å². The molecule has 1 unspecified atom stereocenters. The normalized spacial score (nSPS) is 29.4. The summed E-state index contributed by atoms with van der Waals surface area (Å²) in [6.45, 7) is 3.69. The summed E-state index contributed by atoms with van der Waals surface area (Å²) in [5, 5.41) is 3.42. The van der Waals surface area contributed by atoms with Crippen LogP contribution in [-0.2, 0) is 0 Å². The molecule has 1 atom stereocenters. The summed E-state index contributed by atoms with van der Waals surface area (Å²) in [6, 6.07) is 10.7. The fourth-order valence-corrected chi connectivity index (χ4v) is 3.65. The third kappa shape index (κ3) is 1.79. The molecule has 1 aliphatic carbocycles.